The molecular weight excluding hydrogens is 396 g/mol. The third kappa shape index (κ3) is 4.82. The third-order valence-electron chi connectivity index (χ3n) is 5.26. The number of anilines is 1. The van der Waals surface area contributed by atoms with Crippen LogP contribution < -0.4 is 5.32 Å². The zero-order chi connectivity index (χ0) is 22.4. The fourth-order valence-corrected chi connectivity index (χ4v) is 3.61. The maximum Gasteiger partial charge on any atom is 0.329 e. The van der Waals surface area contributed by atoms with E-state index in [-0.39, 0.29) is 17.5 Å². The van der Waals surface area contributed by atoms with Gasteiger partial charge in [-0.25, -0.2) is 4.79 Å². The van der Waals surface area contributed by atoms with Crippen LogP contribution in [0.25, 0.3) is 0 Å². The Morgan fingerprint density at radius 2 is 1.58 bits per heavy atom. The molecule has 31 heavy (non-hydrogen) atoms. The van der Waals surface area contributed by atoms with Crippen LogP contribution in [0.2, 0.25) is 0 Å². The van der Waals surface area contributed by atoms with E-state index in [9.17, 15) is 19.2 Å². The number of nitrogens with zero attached hydrogens (tertiary/aromatic N) is 1. The van der Waals surface area contributed by atoms with Gasteiger partial charge in [0.25, 0.3) is 17.7 Å². The molecular formula is C24H26N2O5. The number of hydrogen-bond acceptors (Lipinski definition) is 5. The minimum Gasteiger partial charge on any atom is -0.454 e. The normalized spacial score (nSPS) is 13.7. The summed E-state index contributed by atoms with van der Waals surface area (Å²) in [6.07, 6.45) is 2.43. The molecule has 7 nitrogen and oxygen atoms in total. The lowest BCUT2D eigenvalue weighted by molar-refractivity contribution is -0.151. The fourth-order valence-electron chi connectivity index (χ4n) is 3.61. The van der Waals surface area contributed by atoms with Crippen molar-refractivity contribution in [2.75, 3.05) is 11.9 Å². The van der Waals surface area contributed by atoms with Crippen LogP contribution in [-0.2, 0) is 20.7 Å². The summed E-state index contributed by atoms with van der Waals surface area (Å²) >= 11 is 0. The molecule has 3 rings (SSSR count). The molecule has 1 atom stereocenters. The predicted octanol–water partition coefficient (Wildman–Crippen LogP) is 3.59. The summed E-state index contributed by atoms with van der Waals surface area (Å²) in [5, 5.41) is 2.74. The first-order valence-corrected chi connectivity index (χ1v) is 10.5. The predicted molar refractivity (Wildman–Crippen MR) is 116 cm³/mol. The second-order valence-electron chi connectivity index (χ2n) is 7.35. The first-order valence-electron chi connectivity index (χ1n) is 10.5. The Morgan fingerprint density at radius 3 is 2.19 bits per heavy atom. The lowest BCUT2D eigenvalue weighted by atomic mass is 10.1. The molecule has 1 N–H and O–H groups in total. The molecule has 0 bridgehead atoms. The van der Waals surface area contributed by atoms with Gasteiger partial charge in [0, 0.05) is 5.69 Å². The van der Waals surface area contributed by atoms with Crippen molar-refractivity contribution in [1.29, 1.82) is 0 Å². The van der Waals surface area contributed by atoms with Gasteiger partial charge in [-0.05, 0) is 36.6 Å². The van der Waals surface area contributed by atoms with Crippen LogP contribution in [0, 0.1) is 0 Å². The van der Waals surface area contributed by atoms with Crippen molar-refractivity contribution in [2.45, 2.75) is 45.6 Å². The maximum absolute atomic E-state index is 12.8. The van der Waals surface area contributed by atoms with Crippen LogP contribution in [0.4, 0.5) is 5.69 Å². The van der Waals surface area contributed by atoms with Gasteiger partial charge in [-0.2, -0.15) is 0 Å². The Hall–Kier alpha value is -3.48. The molecule has 0 aliphatic carbocycles. The van der Waals surface area contributed by atoms with E-state index in [0.29, 0.717) is 12.1 Å². The minimum absolute atomic E-state index is 0.274. The molecule has 3 amide bonds. The average molecular weight is 422 g/mol. The molecule has 0 radical (unpaired) electrons. The van der Waals surface area contributed by atoms with E-state index in [0.717, 1.165) is 23.3 Å². The number of imide groups is 1. The molecule has 0 fully saturated rings. The topological polar surface area (TPSA) is 92.8 Å². The molecule has 0 saturated heterocycles. The SMILES string of the molecule is CCCC[C@H](C(=O)OCC(=O)Nc1ccccc1CC)N1C(=O)c2ccccc2C1=O. The minimum atomic E-state index is -1.07. The van der Waals surface area contributed by atoms with Crippen LogP contribution in [0.1, 0.15) is 59.4 Å². The molecule has 7 heteroatoms. The van der Waals surface area contributed by atoms with E-state index in [1.54, 1.807) is 30.3 Å². The van der Waals surface area contributed by atoms with Gasteiger partial charge in [0.1, 0.15) is 6.04 Å². The molecule has 2 aromatic carbocycles. The molecule has 0 saturated carbocycles. The van der Waals surface area contributed by atoms with E-state index in [2.05, 4.69) is 5.32 Å². The van der Waals surface area contributed by atoms with Crippen LogP contribution >= 0.6 is 0 Å². The van der Waals surface area contributed by atoms with Gasteiger partial charge in [0.2, 0.25) is 0 Å². The summed E-state index contributed by atoms with van der Waals surface area (Å²) in [6.45, 7) is 3.43. The zero-order valence-electron chi connectivity index (χ0n) is 17.7. The number of carbonyl (C=O) groups is 4. The Labute approximate surface area is 181 Å². The molecule has 0 spiro atoms. The lowest BCUT2D eigenvalue weighted by Crippen LogP contribution is -2.46. The van der Waals surface area contributed by atoms with Crippen molar-refractivity contribution in [2.24, 2.45) is 0 Å². The lowest BCUT2D eigenvalue weighted by Gasteiger charge is -2.24. The van der Waals surface area contributed by atoms with E-state index in [1.807, 2.05) is 32.0 Å². The van der Waals surface area contributed by atoms with Crippen LogP contribution in [-0.4, -0.2) is 41.2 Å². The highest BCUT2D eigenvalue weighted by atomic mass is 16.5. The summed E-state index contributed by atoms with van der Waals surface area (Å²) in [4.78, 5) is 51.7. The quantitative estimate of drug-likeness (QED) is 0.492. The van der Waals surface area contributed by atoms with Crippen molar-refractivity contribution >= 4 is 29.4 Å². The van der Waals surface area contributed by atoms with Crippen molar-refractivity contribution in [3.05, 3.63) is 65.2 Å². The Balaban J connectivity index is 1.69. The third-order valence-corrected chi connectivity index (χ3v) is 5.26. The first-order chi connectivity index (χ1) is 15.0. The van der Waals surface area contributed by atoms with Crippen LogP contribution in [0.5, 0.6) is 0 Å². The Kier molecular flexibility index (Phi) is 7.18. The van der Waals surface area contributed by atoms with Gasteiger partial charge in [-0.1, -0.05) is 57.0 Å². The van der Waals surface area contributed by atoms with Crippen molar-refractivity contribution in [1.82, 2.24) is 4.90 Å². The number of benzene rings is 2. The summed E-state index contributed by atoms with van der Waals surface area (Å²) in [6, 6.07) is 12.8. The molecule has 1 heterocycles. The average Bonchev–Trinajstić information content (AvgIpc) is 3.03. The van der Waals surface area contributed by atoms with Gasteiger partial charge in [0.05, 0.1) is 11.1 Å². The highest BCUT2D eigenvalue weighted by molar-refractivity contribution is 6.22. The number of fused-ring (bicyclic) bond motifs is 1. The summed E-state index contributed by atoms with van der Waals surface area (Å²) in [7, 11) is 0. The summed E-state index contributed by atoms with van der Waals surface area (Å²) in [5.74, 6) is -2.27. The van der Waals surface area contributed by atoms with Gasteiger partial charge >= 0.3 is 5.97 Å². The van der Waals surface area contributed by atoms with Crippen LogP contribution in [0.3, 0.4) is 0 Å². The second kappa shape index (κ2) is 10.0. The van der Waals surface area contributed by atoms with E-state index in [4.69, 9.17) is 4.74 Å². The number of ether oxygens (including phenoxy) is 1. The molecule has 0 unspecified atom stereocenters. The van der Waals surface area contributed by atoms with E-state index >= 15 is 0 Å². The van der Waals surface area contributed by atoms with Gasteiger partial charge in [0.15, 0.2) is 6.61 Å². The zero-order valence-corrected chi connectivity index (χ0v) is 17.7. The standard InChI is InChI=1S/C24H26N2O5/c1-3-5-14-20(26-22(28)17-11-7-8-12-18(17)23(26)29)24(30)31-15-21(27)25-19-13-9-6-10-16(19)4-2/h6-13,20H,3-5,14-15H2,1-2H3,(H,25,27)/t20-/m1/s1. The van der Waals surface area contributed by atoms with Crippen LogP contribution in [0.15, 0.2) is 48.5 Å². The molecule has 1 aliphatic rings. The number of rotatable bonds is 9. The van der Waals surface area contributed by atoms with Crippen molar-refractivity contribution in [3.63, 3.8) is 0 Å². The van der Waals surface area contributed by atoms with Gasteiger partial charge < -0.3 is 10.1 Å². The van der Waals surface area contributed by atoms with E-state index < -0.39 is 36.3 Å². The van der Waals surface area contributed by atoms with E-state index in [1.165, 1.54) is 0 Å². The summed E-state index contributed by atoms with van der Waals surface area (Å²) < 4.78 is 5.22. The molecule has 0 aromatic heterocycles. The van der Waals surface area contributed by atoms with Gasteiger partial charge in [-0.15, -0.1) is 0 Å². The van der Waals surface area contributed by atoms with Gasteiger partial charge in [-0.3, -0.25) is 19.3 Å². The second-order valence-corrected chi connectivity index (χ2v) is 7.35. The number of aryl methyl sites for hydroxylation is 1. The number of esters is 1. The Bertz CT molecular complexity index is 966. The summed E-state index contributed by atoms with van der Waals surface area (Å²) in [5.41, 5.74) is 2.18. The number of amides is 3. The van der Waals surface area contributed by atoms with Crippen molar-refractivity contribution in [3.8, 4) is 0 Å². The number of hydrogen-bond donors (Lipinski definition) is 1. The number of carbonyl (C=O) groups excluding carboxylic acids is 4. The van der Waals surface area contributed by atoms with Crippen molar-refractivity contribution < 1.29 is 23.9 Å². The fraction of sp³-hybridized carbons (Fsp3) is 0.333. The molecule has 162 valence electrons. The smallest absolute Gasteiger partial charge is 0.329 e. The number of unbranched alkanes of at least 4 members (excludes halogenated alkanes) is 1. The number of para-hydroxylation sites is 1. The highest BCUT2D eigenvalue weighted by Crippen LogP contribution is 2.27. The molecule has 1 aliphatic heterocycles. The molecule has 2 aromatic rings. The largest absolute Gasteiger partial charge is 0.454 e. The first kappa shape index (κ1) is 22.2. The Morgan fingerprint density at radius 1 is 0.968 bits per heavy atom. The highest BCUT2D eigenvalue weighted by Gasteiger charge is 2.43. The maximum atomic E-state index is 12.8. The number of nitrogens with one attached hydrogen (secondary N) is 1. The monoisotopic (exact) mass is 422 g/mol.